The summed E-state index contributed by atoms with van der Waals surface area (Å²) in [5.41, 5.74) is 0.952. The van der Waals surface area contributed by atoms with Crippen LogP contribution >= 0.6 is 0 Å². The molecule has 0 aliphatic heterocycles. The van der Waals surface area contributed by atoms with E-state index in [9.17, 15) is 0 Å². The largest absolute Gasteiger partial charge is 0.396 e. The second kappa shape index (κ2) is 6.63. The molecule has 3 nitrogen and oxygen atoms in total. The van der Waals surface area contributed by atoms with Crippen molar-refractivity contribution in [3.8, 4) is 0 Å². The van der Waals surface area contributed by atoms with E-state index >= 15 is 0 Å². The molecule has 1 rings (SSSR count). The van der Waals surface area contributed by atoms with E-state index in [2.05, 4.69) is 0 Å². The predicted molar refractivity (Wildman–Crippen MR) is 63.1 cm³/mol. The minimum atomic E-state index is -0.806. The van der Waals surface area contributed by atoms with E-state index in [1.54, 1.807) is 0 Å². The molecule has 0 amide bonds. The molecule has 16 heavy (non-hydrogen) atoms. The maximum absolute atomic E-state index is 9.16. The van der Waals surface area contributed by atoms with Gasteiger partial charge in [0.05, 0.1) is 0 Å². The molecule has 90 valence electrons. The monoisotopic (exact) mass is 224 g/mol. The van der Waals surface area contributed by atoms with E-state index in [1.807, 2.05) is 44.2 Å². The maximum atomic E-state index is 9.16. The molecule has 0 bridgehead atoms. The Bertz CT molecular complexity index is 267. The van der Waals surface area contributed by atoms with Gasteiger partial charge in [-0.2, -0.15) is 0 Å². The Kier molecular flexibility index (Phi) is 5.46. The highest BCUT2D eigenvalue weighted by molar-refractivity contribution is 5.20. The lowest BCUT2D eigenvalue weighted by Crippen LogP contribution is -2.34. The maximum Gasteiger partial charge on any atom is 0.196 e. The lowest BCUT2D eigenvalue weighted by Gasteiger charge is -2.33. The summed E-state index contributed by atoms with van der Waals surface area (Å²) >= 11 is 0. The molecule has 0 saturated carbocycles. The average molecular weight is 224 g/mol. The number of aliphatic hydroxyl groups excluding tert-OH is 1. The van der Waals surface area contributed by atoms with E-state index in [-0.39, 0.29) is 6.61 Å². The third kappa shape index (κ3) is 3.04. The van der Waals surface area contributed by atoms with Crippen molar-refractivity contribution in [1.29, 1.82) is 0 Å². The smallest absolute Gasteiger partial charge is 0.196 e. The van der Waals surface area contributed by atoms with Crippen LogP contribution < -0.4 is 0 Å². The average Bonchev–Trinajstić information content (AvgIpc) is 2.31. The van der Waals surface area contributed by atoms with Crippen LogP contribution in [0.2, 0.25) is 0 Å². The molecule has 0 atom stereocenters. The molecule has 0 fully saturated rings. The van der Waals surface area contributed by atoms with Gasteiger partial charge < -0.3 is 14.6 Å². The lowest BCUT2D eigenvalue weighted by atomic mass is 10.0. The summed E-state index contributed by atoms with van der Waals surface area (Å²) in [5.74, 6) is -0.806. The molecule has 0 unspecified atom stereocenters. The number of ether oxygens (including phenoxy) is 2. The van der Waals surface area contributed by atoms with Gasteiger partial charge in [0.2, 0.25) is 0 Å². The van der Waals surface area contributed by atoms with Crippen molar-refractivity contribution in [2.75, 3.05) is 19.8 Å². The zero-order valence-corrected chi connectivity index (χ0v) is 9.98. The number of aliphatic hydroxyl groups is 1. The number of rotatable bonds is 7. The van der Waals surface area contributed by atoms with E-state index in [0.29, 0.717) is 19.6 Å². The molecule has 3 heteroatoms. The number of benzene rings is 1. The lowest BCUT2D eigenvalue weighted by molar-refractivity contribution is -0.249. The molecule has 1 aromatic rings. The quantitative estimate of drug-likeness (QED) is 0.722. The van der Waals surface area contributed by atoms with E-state index < -0.39 is 5.79 Å². The van der Waals surface area contributed by atoms with Gasteiger partial charge in [-0.3, -0.25) is 0 Å². The summed E-state index contributed by atoms with van der Waals surface area (Å²) in [5, 5.41) is 9.16. The first kappa shape index (κ1) is 13.2. The van der Waals surface area contributed by atoms with Crippen LogP contribution in [0, 0.1) is 0 Å². The highest BCUT2D eigenvalue weighted by atomic mass is 16.7. The second-order valence-electron chi connectivity index (χ2n) is 3.46. The van der Waals surface area contributed by atoms with Gasteiger partial charge in [-0.25, -0.2) is 0 Å². The topological polar surface area (TPSA) is 38.7 Å². The van der Waals surface area contributed by atoms with Crippen molar-refractivity contribution in [3.05, 3.63) is 35.9 Å². The molecule has 0 saturated heterocycles. The number of hydrogen-bond acceptors (Lipinski definition) is 3. The fraction of sp³-hybridized carbons (Fsp3) is 0.538. The van der Waals surface area contributed by atoms with Gasteiger partial charge in [0.1, 0.15) is 0 Å². The minimum Gasteiger partial charge on any atom is -0.396 e. The fourth-order valence-electron chi connectivity index (χ4n) is 1.80. The van der Waals surface area contributed by atoms with Gasteiger partial charge in [-0.15, -0.1) is 0 Å². The zero-order valence-electron chi connectivity index (χ0n) is 9.98. The third-order valence-electron chi connectivity index (χ3n) is 2.41. The predicted octanol–water partition coefficient (Wildman–Crippen LogP) is 2.29. The van der Waals surface area contributed by atoms with Crippen molar-refractivity contribution in [2.45, 2.75) is 26.1 Å². The van der Waals surface area contributed by atoms with Crippen LogP contribution in [0.4, 0.5) is 0 Å². The molecule has 0 heterocycles. The summed E-state index contributed by atoms with van der Waals surface area (Å²) in [7, 11) is 0. The molecule has 1 aromatic carbocycles. The Morgan fingerprint density at radius 1 is 1.06 bits per heavy atom. The Labute approximate surface area is 97.0 Å². The highest BCUT2D eigenvalue weighted by Gasteiger charge is 2.32. The molecule has 0 radical (unpaired) electrons. The summed E-state index contributed by atoms with van der Waals surface area (Å²) < 4.78 is 11.4. The molecule has 0 spiro atoms. The molecular weight excluding hydrogens is 204 g/mol. The van der Waals surface area contributed by atoms with Gasteiger partial charge in [0.15, 0.2) is 5.79 Å². The minimum absolute atomic E-state index is 0.0366. The van der Waals surface area contributed by atoms with E-state index in [1.165, 1.54) is 0 Å². The van der Waals surface area contributed by atoms with Crippen LogP contribution in [0.5, 0.6) is 0 Å². The van der Waals surface area contributed by atoms with Gasteiger partial charge >= 0.3 is 0 Å². The zero-order chi connectivity index (χ0) is 11.9. The molecule has 0 aromatic heterocycles. The Morgan fingerprint density at radius 3 is 2.06 bits per heavy atom. The summed E-state index contributed by atoms with van der Waals surface area (Å²) in [6.45, 7) is 4.99. The molecular formula is C13H20O3. The van der Waals surface area contributed by atoms with Crippen LogP contribution in [0.1, 0.15) is 25.8 Å². The first-order chi connectivity index (χ1) is 7.79. The molecule has 0 aliphatic rings. The van der Waals surface area contributed by atoms with Crippen molar-refractivity contribution < 1.29 is 14.6 Å². The SMILES string of the molecule is CCOC(CCO)(OCC)c1ccccc1. The number of hydrogen-bond donors (Lipinski definition) is 1. The summed E-state index contributed by atoms with van der Waals surface area (Å²) in [6, 6.07) is 9.76. The normalized spacial score (nSPS) is 11.7. The first-order valence-corrected chi connectivity index (χ1v) is 5.73. The Hall–Kier alpha value is -0.900. The van der Waals surface area contributed by atoms with Crippen LogP contribution in [-0.4, -0.2) is 24.9 Å². The Balaban J connectivity index is 2.99. The van der Waals surface area contributed by atoms with Gasteiger partial charge in [0.25, 0.3) is 0 Å². The van der Waals surface area contributed by atoms with Crippen LogP contribution in [0.25, 0.3) is 0 Å². The van der Waals surface area contributed by atoms with Gasteiger partial charge in [-0.1, -0.05) is 30.3 Å². The van der Waals surface area contributed by atoms with Crippen molar-refractivity contribution in [3.63, 3.8) is 0 Å². The first-order valence-electron chi connectivity index (χ1n) is 5.73. The van der Waals surface area contributed by atoms with Crippen LogP contribution in [-0.2, 0) is 15.3 Å². The second-order valence-corrected chi connectivity index (χ2v) is 3.46. The van der Waals surface area contributed by atoms with E-state index in [0.717, 1.165) is 5.56 Å². The van der Waals surface area contributed by atoms with Crippen molar-refractivity contribution in [2.24, 2.45) is 0 Å². The summed E-state index contributed by atoms with van der Waals surface area (Å²) in [4.78, 5) is 0. The Morgan fingerprint density at radius 2 is 1.62 bits per heavy atom. The van der Waals surface area contributed by atoms with Crippen molar-refractivity contribution in [1.82, 2.24) is 0 Å². The van der Waals surface area contributed by atoms with E-state index in [4.69, 9.17) is 14.6 Å². The molecule has 1 N–H and O–H groups in total. The highest BCUT2D eigenvalue weighted by Crippen LogP contribution is 2.30. The standard InChI is InChI=1S/C13H20O3/c1-3-15-13(10-11-14,16-4-2)12-8-6-5-7-9-12/h5-9,14H,3-4,10-11H2,1-2H3. The van der Waals surface area contributed by atoms with Crippen LogP contribution in [0.15, 0.2) is 30.3 Å². The van der Waals surface area contributed by atoms with Gasteiger partial charge in [0, 0.05) is 31.8 Å². The van der Waals surface area contributed by atoms with Gasteiger partial charge in [-0.05, 0) is 13.8 Å². The van der Waals surface area contributed by atoms with Crippen molar-refractivity contribution >= 4 is 0 Å². The summed E-state index contributed by atoms with van der Waals surface area (Å²) in [6.07, 6.45) is 0.443. The third-order valence-corrected chi connectivity index (χ3v) is 2.41. The van der Waals surface area contributed by atoms with Crippen LogP contribution in [0.3, 0.4) is 0 Å². The molecule has 0 aliphatic carbocycles. The fourth-order valence-corrected chi connectivity index (χ4v) is 1.80.